The van der Waals surface area contributed by atoms with Gasteiger partial charge in [0, 0.05) is 12.6 Å². The molecule has 0 atom stereocenters. The number of primary amides is 1. The predicted octanol–water partition coefficient (Wildman–Crippen LogP) is 2.95. The number of aryl methyl sites for hydroxylation is 1. The van der Waals surface area contributed by atoms with Crippen molar-refractivity contribution in [2.24, 2.45) is 12.8 Å². The Balaban J connectivity index is 2.50. The molecular formula is C17H16N2O2. The first kappa shape index (κ1) is 13.2. The van der Waals surface area contributed by atoms with Crippen molar-refractivity contribution in [1.82, 2.24) is 4.57 Å². The molecule has 0 radical (unpaired) electrons. The van der Waals surface area contributed by atoms with Gasteiger partial charge in [-0.1, -0.05) is 36.4 Å². The average molecular weight is 280 g/mol. The molecule has 1 aromatic heterocycles. The van der Waals surface area contributed by atoms with Crippen LogP contribution in [0.3, 0.4) is 0 Å². The van der Waals surface area contributed by atoms with Gasteiger partial charge in [-0.25, -0.2) is 0 Å². The standard InChI is InChI=1S/C17H16N2O2/c1-19-12-9-6-10-13(21-2)15(12)14(16(19)17(18)20)11-7-4-3-5-8-11/h3-10H,1-2H3,(H2,18,20). The van der Waals surface area contributed by atoms with Crippen molar-refractivity contribution >= 4 is 16.8 Å². The van der Waals surface area contributed by atoms with Crippen LogP contribution in [0.5, 0.6) is 5.75 Å². The fourth-order valence-corrected chi connectivity index (χ4v) is 2.80. The number of carbonyl (C=O) groups is 1. The maximum Gasteiger partial charge on any atom is 0.266 e. The molecule has 0 aliphatic rings. The molecule has 21 heavy (non-hydrogen) atoms. The van der Waals surface area contributed by atoms with Gasteiger partial charge >= 0.3 is 0 Å². The number of carbonyl (C=O) groups excluding carboxylic acids is 1. The molecule has 3 aromatic rings. The predicted molar refractivity (Wildman–Crippen MR) is 83.4 cm³/mol. The third kappa shape index (κ3) is 1.96. The summed E-state index contributed by atoms with van der Waals surface area (Å²) < 4.78 is 7.29. The summed E-state index contributed by atoms with van der Waals surface area (Å²) in [6.45, 7) is 0. The quantitative estimate of drug-likeness (QED) is 0.802. The molecule has 0 bridgehead atoms. The van der Waals surface area contributed by atoms with Gasteiger partial charge in [0.15, 0.2) is 0 Å². The highest BCUT2D eigenvalue weighted by Crippen LogP contribution is 2.39. The van der Waals surface area contributed by atoms with Crippen LogP contribution < -0.4 is 10.5 Å². The second kappa shape index (κ2) is 4.98. The van der Waals surface area contributed by atoms with Gasteiger partial charge in [-0.05, 0) is 17.7 Å². The second-order valence-corrected chi connectivity index (χ2v) is 4.87. The number of ether oxygens (including phenoxy) is 1. The highest BCUT2D eigenvalue weighted by molar-refractivity contribution is 6.11. The minimum Gasteiger partial charge on any atom is -0.496 e. The summed E-state index contributed by atoms with van der Waals surface area (Å²) in [6, 6.07) is 15.5. The Morgan fingerprint density at radius 3 is 2.43 bits per heavy atom. The van der Waals surface area contributed by atoms with E-state index < -0.39 is 5.91 Å². The van der Waals surface area contributed by atoms with E-state index in [4.69, 9.17) is 10.5 Å². The molecule has 2 aromatic carbocycles. The lowest BCUT2D eigenvalue weighted by molar-refractivity contribution is 0.0993. The van der Waals surface area contributed by atoms with Crippen molar-refractivity contribution in [3.63, 3.8) is 0 Å². The molecule has 0 aliphatic carbocycles. The first-order valence-corrected chi connectivity index (χ1v) is 6.65. The van der Waals surface area contributed by atoms with Crippen molar-refractivity contribution < 1.29 is 9.53 Å². The van der Waals surface area contributed by atoms with E-state index in [0.29, 0.717) is 5.69 Å². The van der Waals surface area contributed by atoms with Crippen LogP contribution in [0.15, 0.2) is 48.5 Å². The molecule has 0 fully saturated rings. The Kier molecular flexibility index (Phi) is 3.14. The number of fused-ring (bicyclic) bond motifs is 1. The highest BCUT2D eigenvalue weighted by Gasteiger charge is 2.22. The smallest absolute Gasteiger partial charge is 0.266 e. The van der Waals surface area contributed by atoms with Gasteiger partial charge in [0.05, 0.1) is 18.0 Å². The van der Waals surface area contributed by atoms with Crippen LogP contribution in [0, 0.1) is 0 Å². The van der Waals surface area contributed by atoms with Crippen LogP contribution in [0.1, 0.15) is 10.5 Å². The molecule has 0 spiro atoms. The Labute approximate surface area is 122 Å². The number of nitrogens with two attached hydrogens (primary N) is 1. The zero-order chi connectivity index (χ0) is 15.0. The summed E-state index contributed by atoms with van der Waals surface area (Å²) in [7, 11) is 3.47. The normalized spacial score (nSPS) is 10.8. The van der Waals surface area contributed by atoms with Crippen molar-refractivity contribution in [3.8, 4) is 16.9 Å². The molecule has 3 rings (SSSR count). The lowest BCUT2D eigenvalue weighted by Gasteiger charge is -2.06. The second-order valence-electron chi connectivity index (χ2n) is 4.87. The van der Waals surface area contributed by atoms with E-state index in [1.54, 1.807) is 7.11 Å². The van der Waals surface area contributed by atoms with Crippen LogP contribution in [0.25, 0.3) is 22.0 Å². The number of benzene rings is 2. The Hall–Kier alpha value is -2.75. The van der Waals surface area contributed by atoms with Crippen molar-refractivity contribution in [1.29, 1.82) is 0 Å². The van der Waals surface area contributed by atoms with Gasteiger partial charge < -0.3 is 15.0 Å². The van der Waals surface area contributed by atoms with Gasteiger partial charge in [0.1, 0.15) is 11.4 Å². The van der Waals surface area contributed by atoms with E-state index in [-0.39, 0.29) is 0 Å². The molecule has 0 unspecified atom stereocenters. The number of nitrogens with zero attached hydrogens (tertiary/aromatic N) is 1. The third-order valence-corrected chi connectivity index (χ3v) is 3.70. The number of hydrogen-bond acceptors (Lipinski definition) is 2. The molecule has 0 aliphatic heterocycles. The van der Waals surface area contributed by atoms with E-state index in [2.05, 4.69) is 0 Å². The highest BCUT2D eigenvalue weighted by atomic mass is 16.5. The van der Waals surface area contributed by atoms with E-state index in [1.165, 1.54) is 0 Å². The van der Waals surface area contributed by atoms with Crippen LogP contribution in [-0.2, 0) is 7.05 Å². The van der Waals surface area contributed by atoms with Gasteiger partial charge in [-0.15, -0.1) is 0 Å². The van der Waals surface area contributed by atoms with Gasteiger partial charge in [0.25, 0.3) is 5.91 Å². The summed E-state index contributed by atoms with van der Waals surface area (Å²) in [5.74, 6) is 0.282. The summed E-state index contributed by atoms with van der Waals surface area (Å²) in [5.41, 5.74) is 8.78. The monoisotopic (exact) mass is 280 g/mol. The fraction of sp³-hybridized carbons (Fsp3) is 0.118. The molecule has 4 heteroatoms. The van der Waals surface area contributed by atoms with Crippen LogP contribution in [-0.4, -0.2) is 17.6 Å². The molecular weight excluding hydrogens is 264 g/mol. The van der Waals surface area contributed by atoms with E-state index in [9.17, 15) is 4.79 Å². The summed E-state index contributed by atoms with van der Waals surface area (Å²) >= 11 is 0. The topological polar surface area (TPSA) is 57.2 Å². The average Bonchev–Trinajstić information content (AvgIpc) is 2.81. The first-order valence-electron chi connectivity index (χ1n) is 6.65. The SMILES string of the molecule is COc1cccc2c1c(-c1ccccc1)c(C(N)=O)n2C. The first-order chi connectivity index (χ1) is 10.1. The summed E-state index contributed by atoms with van der Waals surface area (Å²) in [6.07, 6.45) is 0. The van der Waals surface area contributed by atoms with E-state index >= 15 is 0 Å². The molecule has 0 saturated heterocycles. The summed E-state index contributed by atoms with van der Waals surface area (Å²) in [5, 5.41) is 0.905. The fourth-order valence-electron chi connectivity index (χ4n) is 2.80. The zero-order valence-corrected chi connectivity index (χ0v) is 12.0. The number of amides is 1. The van der Waals surface area contributed by atoms with E-state index in [0.717, 1.165) is 27.8 Å². The summed E-state index contributed by atoms with van der Waals surface area (Å²) in [4.78, 5) is 11.9. The van der Waals surface area contributed by atoms with Crippen molar-refractivity contribution in [2.45, 2.75) is 0 Å². The van der Waals surface area contributed by atoms with Gasteiger partial charge in [-0.2, -0.15) is 0 Å². The maximum absolute atomic E-state index is 11.9. The maximum atomic E-state index is 11.9. The lowest BCUT2D eigenvalue weighted by atomic mass is 10.0. The lowest BCUT2D eigenvalue weighted by Crippen LogP contribution is -2.16. The Morgan fingerprint density at radius 1 is 1.10 bits per heavy atom. The minimum atomic E-state index is -0.449. The van der Waals surface area contributed by atoms with Gasteiger partial charge in [-0.3, -0.25) is 4.79 Å². The van der Waals surface area contributed by atoms with Crippen LogP contribution >= 0.6 is 0 Å². The zero-order valence-electron chi connectivity index (χ0n) is 12.0. The largest absolute Gasteiger partial charge is 0.496 e. The minimum absolute atomic E-state index is 0.449. The van der Waals surface area contributed by atoms with Crippen molar-refractivity contribution in [3.05, 3.63) is 54.2 Å². The Morgan fingerprint density at radius 2 is 1.81 bits per heavy atom. The van der Waals surface area contributed by atoms with Crippen LogP contribution in [0.2, 0.25) is 0 Å². The van der Waals surface area contributed by atoms with E-state index in [1.807, 2.05) is 60.1 Å². The van der Waals surface area contributed by atoms with Crippen LogP contribution in [0.4, 0.5) is 0 Å². The van der Waals surface area contributed by atoms with Gasteiger partial charge in [0.2, 0.25) is 0 Å². The Bertz CT molecular complexity index is 820. The number of methoxy groups -OCH3 is 1. The molecule has 1 heterocycles. The molecule has 1 amide bonds. The van der Waals surface area contributed by atoms with Crippen molar-refractivity contribution in [2.75, 3.05) is 7.11 Å². The molecule has 4 nitrogen and oxygen atoms in total. The number of rotatable bonds is 3. The molecule has 106 valence electrons. The number of hydrogen-bond donors (Lipinski definition) is 1. The molecule has 2 N–H and O–H groups in total. The molecule has 0 saturated carbocycles. The number of aromatic nitrogens is 1. The third-order valence-electron chi connectivity index (χ3n) is 3.70.